The van der Waals surface area contributed by atoms with E-state index in [0.717, 1.165) is 34.0 Å². The second kappa shape index (κ2) is 9.35. The fourth-order valence-electron chi connectivity index (χ4n) is 7.70. The second-order valence-electron chi connectivity index (χ2n) is 12.1. The first-order valence-corrected chi connectivity index (χ1v) is 15.6. The van der Waals surface area contributed by atoms with Gasteiger partial charge >= 0.3 is 0 Å². The van der Waals surface area contributed by atoms with E-state index >= 15 is 0 Å². The Hall–Kier alpha value is -5.80. The molecule has 1 aliphatic rings. The summed E-state index contributed by atoms with van der Waals surface area (Å²) in [5.74, 6) is 0.384. The lowest BCUT2D eigenvalue weighted by molar-refractivity contribution is 0.669. The number of hydrogen-bond acceptors (Lipinski definition) is 1. The highest BCUT2D eigenvalue weighted by Gasteiger charge is 2.23. The molecule has 212 valence electrons. The number of aromatic nitrogens is 2. The van der Waals surface area contributed by atoms with Gasteiger partial charge in [-0.2, -0.15) is 0 Å². The van der Waals surface area contributed by atoms with Gasteiger partial charge in [-0.05, 0) is 54.5 Å². The Bertz CT molecular complexity index is 2680. The Morgan fingerprint density at radius 1 is 0.511 bits per heavy atom. The molecule has 0 N–H and O–H groups in total. The normalized spacial score (nSPS) is 15.3. The van der Waals surface area contributed by atoms with Crippen LogP contribution in [0, 0.1) is 0 Å². The molecule has 0 saturated carbocycles. The summed E-state index contributed by atoms with van der Waals surface area (Å²) < 4.78 is 11.3. The maximum Gasteiger partial charge on any atom is 0.137 e. The number of furan rings is 1. The van der Waals surface area contributed by atoms with Gasteiger partial charge in [0.05, 0.1) is 33.1 Å². The molecule has 1 unspecified atom stereocenters. The summed E-state index contributed by atoms with van der Waals surface area (Å²) in [5, 5.41) is 7.33. The molecule has 3 aromatic heterocycles. The van der Waals surface area contributed by atoms with Crippen molar-refractivity contribution in [2.75, 3.05) is 0 Å². The topological polar surface area (TPSA) is 23.0 Å². The zero-order chi connectivity index (χ0) is 29.5. The van der Waals surface area contributed by atoms with Crippen LogP contribution in [0.1, 0.15) is 17.9 Å². The zero-order valence-electron chi connectivity index (χ0n) is 24.5. The summed E-state index contributed by atoms with van der Waals surface area (Å²) in [6, 6.07) is 47.9. The first kappa shape index (κ1) is 24.6. The van der Waals surface area contributed by atoms with Crippen molar-refractivity contribution in [2.45, 2.75) is 12.3 Å². The third-order valence-corrected chi connectivity index (χ3v) is 9.66. The van der Waals surface area contributed by atoms with Gasteiger partial charge in [-0.15, -0.1) is 0 Å². The van der Waals surface area contributed by atoms with Crippen molar-refractivity contribution in [3.05, 3.63) is 157 Å². The van der Waals surface area contributed by atoms with Crippen molar-refractivity contribution in [1.29, 1.82) is 0 Å². The van der Waals surface area contributed by atoms with Gasteiger partial charge in [0.25, 0.3) is 0 Å². The molecule has 3 nitrogen and oxygen atoms in total. The zero-order valence-corrected chi connectivity index (χ0v) is 24.5. The van der Waals surface area contributed by atoms with Crippen molar-refractivity contribution in [3.8, 4) is 5.69 Å². The molecule has 1 aliphatic carbocycles. The van der Waals surface area contributed by atoms with Gasteiger partial charge in [-0.25, -0.2) is 0 Å². The molecule has 0 fully saturated rings. The quantitative estimate of drug-likeness (QED) is 0.205. The molecule has 0 aliphatic heterocycles. The predicted molar refractivity (Wildman–Crippen MR) is 188 cm³/mol. The van der Waals surface area contributed by atoms with E-state index in [0.29, 0.717) is 5.92 Å². The number of para-hydroxylation sites is 3. The minimum absolute atomic E-state index is 0.384. The van der Waals surface area contributed by atoms with Crippen molar-refractivity contribution < 1.29 is 4.42 Å². The maximum absolute atomic E-state index is 6.33. The van der Waals surface area contributed by atoms with Crippen molar-refractivity contribution in [2.24, 2.45) is 0 Å². The number of rotatable bonds is 3. The monoisotopic (exact) mass is 576 g/mol. The first-order chi connectivity index (χ1) is 22.3. The number of hydrogen-bond donors (Lipinski definition) is 0. The molecule has 0 radical (unpaired) electrons. The summed E-state index contributed by atoms with van der Waals surface area (Å²) in [4.78, 5) is 0. The maximum atomic E-state index is 6.33. The molecule has 1 atom stereocenters. The molecule has 3 heterocycles. The van der Waals surface area contributed by atoms with E-state index in [-0.39, 0.29) is 0 Å². The minimum atomic E-state index is 0.384. The van der Waals surface area contributed by atoms with E-state index in [1.165, 1.54) is 54.9 Å². The molecule has 10 rings (SSSR count). The van der Waals surface area contributed by atoms with Gasteiger partial charge in [0.2, 0.25) is 0 Å². The molecule has 0 amide bonds. The molecule has 0 bridgehead atoms. The summed E-state index contributed by atoms with van der Waals surface area (Å²) in [7, 11) is 0. The molecular weight excluding hydrogens is 548 g/mol. The Balaban J connectivity index is 1.30. The van der Waals surface area contributed by atoms with Crippen LogP contribution in [0.5, 0.6) is 0 Å². The molecule has 0 saturated heterocycles. The Morgan fingerprint density at radius 2 is 1.22 bits per heavy atom. The summed E-state index contributed by atoms with van der Waals surface area (Å²) in [5.41, 5.74) is 10.4. The van der Waals surface area contributed by atoms with E-state index in [1.807, 2.05) is 6.07 Å². The van der Waals surface area contributed by atoms with Crippen LogP contribution < -0.4 is 0 Å². The fourth-order valence-corrected chi connectivity index (χ4v) is 7.70. The highest BCUT2D eigenvalue weighted by molar-refractivity contribution is 6.27. The average molecular weight is 577 g/mol. The summed E-state index contributed by atoms with van der Waals surface area (Å²) >= 11 is 0. The van der Waals surface area contributed by atoms with Crippen LogP contribution in [0.4, 0.5) is 0 Å². The van der Waals surface area contributed by atoms with Crippen molar-refractivity contribution in [1.82, 2.24) is 9.13 Å². The first-order valence-electron chi connectivity index (χ1n) is 15.6. The van der Waals surface area contributed by atoms with Gasteiger partial charge < -0.3 is 13.6 Å². The Morgan fingerprint density at radius 3 is 2.04 bits per heavy atom. The van der Waals surface area contributed by atoms with Gasteiger partial charge in [-0.3, -0.25) is 0 Å². The average Bonchev–Trinajstić information content (AvgIpc) is 3.76. The van der Waals surface area contributed by atoms with Crippen LogP contribution in [0.25, 0.3) is 76.9 Å². The molecule has 9 aromatic rings. The smallest absolute Gasteiger partial charge is 0.137 e. The molecule has 45 heavy (non-hydrogen) atoms. The molecule has 6 aromatic carbocycles. The Labute approximate surface area is 259 Å². The standard InChI is InChI=1S/C42H28N2O/c1-2-11-27(12-3-1)28-21-23-29(24-22-28)43-34-16-7-4-13-30(34)31-25-26-37-41(42(31)43)32-14-5-8-17-35(32)44(37)36-18-10-20-39-40(36)33-15-6-9-19-38(33)45-39/h1-21,23-26,28H,22H2. The van der Waals surface area contributed by atoms with Crippen LogP contribution >= 0.6 is 0 Å². The number of allylic oxidation sites excluding steroid dienone is 4. The number of fused-ring (bicyclic) bond motifs is 10. The summed E-state index contributed by atoms with van der Waals surface area (Å²) in [6.45, 7) is 0. The third kappa shape index (κ3) is 3.46. The summed E-state index contributed by atoms with van der Waals surface area (Å²) in [6.07, 6.45) is 8.08. The molecular formula is C42H28N2O. The highest BCUT2D eigenvalue weighted by atomic mass is 16.3. The van der Waals surface area contributed by atoms with Gasteiger partial charge in [0.15, 0.2) is 0 Å². The van der Waals surface area contributed by atoms with E-state index in [9.17, 15) is 0 Å². The van der Waals surface area contributed by atoms with E-state index in [1.54, 1.807) is 0 Å². The fraction of sp³-hybridized carbons (Fsp3) is 0.0476. The Kier molecular flexibility index (Phi) is 5.11. The van der Waals surface area contributed by atoms with Crippen LogP contribution in [0.15, 0.2) is 156 Å². The lowest BCUT2D eigenvalue weighted by atomic mass is 9.92. The minimum Gasteiger partial charge on any atom is -0.456 e. The van der Waals surface area contributed by atoms with Gasteiger partial charge in [0, 0.05) is 38.5 Å². The van der Waals surface area contributed by atoms with Crippen LogP contribution in [0.2, 0.25) is 0 Å². The van der Waals surface area contributed by atoms with Crippen LogP contribution in [-0.4, -0.2) is 9.13 Å². The van der Waals surface area contributed by atoms with Gasteiger partial charge in [-0.1, -0.05) is 109 Å². The lowest BCUT2D eigenvalue weighted by Gasteiger charge is -2.19. The second-order valence-corrected chi connectivity index (χ2v) is 12.1. The predicted octanol–water partition coefficient (Wildman–Crippen LogP) is 11.4. The third-order valence-electron chi connectivity index (χ3n) is 9.66. The lowest BCUT2D eigenvalue weighted by Crippen LogP contribution is -2.03. The van der Waals surface area contributed by atoms with Crippen LogP contribution in [0.3, 0.4) is 0 Å². The van der Waals surface area contributed by atoms with Crippen LogP contribution in [-0.2, 0) is 0 Å². The SMILES string of the molecule is C1=CC(c2ccccc2)CC=C1n1c2ccccc2c2ccc3c(c4ccccc4n3-c3cccc4oc5ccccc5c34)c21. The molecule has 3 heteroatoms. The molecule has 0 spiro atoms. The van der Waals surface area contributed by atoms with Gasteiger partial charge in [0.1, 0.15) is 11.2 Å². The van der Waals surface area contributed by atoms with E-state index < -0.39 is 0 Å². The largest absolute Gasteiger partial charge is 0.456 e. The highest BCUT2D eigenvalue weighted by Crippen LogP contribution is 2.44. The number of nitrogens with zero attached hydrogens (tertiary/aromatic N) is 2. The van der Waals surface area contributed by atoms with E-state index in [2.05, 4.69) is 155 Å². The van der Waals surface area contributed by atoms with Crippen molar-refractivity contribution in [3.63, 3.8) is 0 Å². The van der Waals surface area contributed by atoms with Crippen molar-refractivity contribution >= 4 is 71.2 Å². The number of benzene rings is 6. The van der Waals surface area contributed by atoms with E-state index in [4.69, 9.17) is 4.42 Å².